The predicted octanol–water partition coefficient (Wildman–Crippen LogP) is 1.58. The lowest BCUT2D eigenvalue weighted by molar-refractivity contribution is 0.738. The smallest absolute Gasteiger partial charge is 0.119 e. The van der Waals surface area contributed by atoms with Crippen LogP contribution >= 0.6 is 0 Å². The van der Waals surface area contributed by atoms with E-state index in [9.17, 15) is 0 Å². The van der Waals surface area contributed by atoms with Crippen molar-refractivity contribution >= 4 is 0 Å². The molecule has 1 heteroatoms. The molecule has 0 bridgehead atoms. The Balaban J connectivity index is 3.39. The van der Waals surface area contributed by atoms with Gasteiger partial charge in [-0.05, 0) is 18.8 Å². The Morgan fingerprint density at radius 3 is 3.20 bits per heavy atom. The highest BCUT2D eigenvalue weighted by atomic mass is 14.6. The van der Waals surface area contributed by atoms with E-state index in [2.05, 4.69) is 0 Å². The van der Waals surface area contributed by atoms with Crippen LogP contribution in [-0.2, 0) is 6.37 Å². The minimum absolute atomic E-state index is 0.0550. The van der Waals surface area contributed by atoms with Crippen LogP contribution in [0, 0.1) is 0 Å². The summed E-state index contributed by atoms with van der Waals surface area (Å²) in [7, 11) is 0. The molecule has 0 heterocycles. The molecule has 0 radical (unpaired) electrons. The Hall–Kier alpha value is -0.820. The Kier molecular flexibility index (Phi) is 0.702. The molecule has 54 valence electrons. The summed E-state index contributed by atoms with van der Waals surface area (Å²) in [6.45, 7) is -3.14. The predicted molar refractivity (Wildman–Crippen MR) is 43.8 cm³/mol. The van der Waals surface area contributed by atoms with Gasteiger partial charge in [0.1, 0.15) is 2.82 Å². The third-order valence-electron chi connectivity index (χ3n) is 1.04. The van der Waals surface area contributed by atoms with E-state index in [4.69, 9.17) is 11.0 Å². The van der Waals surface area contributed by atoms with Crippen LogP contribution in [0.1, 0.15) is 20.6 Å². The van der Waals surface area contributed by atoms with E-state index in [1.54, 1.807) is 6.07 Å². The van der Waals surface area contributed by atoms with Gasteiger partial charge in [0.05, 0.1) is 0 Å². The summed E-state index contributed by atoms with van der Waals surface area (Å²) in [5.74, 6) is 0. The van der Waals surface area contributed by atoms with Crippen LogP contribution in [0.25, 0.3) is 0 Å². The maximum atomic E-state index is 7.84. The van der Waals surface area contributed by atoms with Crippen molar-refractivity contribution in [1.82, 2.24) is 0 Å². The SMILES string of the molecule is [2H]N([2H])C([2H])(C([2H])([2H])[2H])C([2H])([2H])c1ccccc1. The second-order valence-electron chi connectivity index (χ2n) is 1.84. The molecular weight excluding hydrogens is 122 g/mol. The minimum atomic E-state index is -3.14. The van der Waals surface area contributed by atoms with E-state index < -0.39 is 25.0 Å². The van der Waals surface area contributed by atoms with Gasteiger partial charge >= 0.3 is 0 Å². The summed E-state index contributed by atoms with van der Waals surface area (Å²) >= 11 is 0. The van der Waals surface area contributed by atoms with Gasteiger partial charge in [-0.3, -0.25) is 0 Å². The summed E-state index contributed by atoms with van der Waals surface area (Å²) < 4.78 is 59.4. The minimum Gasteiger partial charge on any atom is -0.328 e. The molecule has 2 N–H and O–H groups in total. The molecule has 0 saturated carbocycles. The Bertz CT molecular complexity index is 401. The average molecular weight is 143 g/mol. The molecule has 0 spiro atoms. The summed E-state index contributed by atoms with van der Waals surface area (Å²) in [4.78, 5) is 0. The number of rotatable bonds is 3. The van der Waals surface area contributed by atoms with E-state index in [1.165, 1.54) is 24.3 Å². The lowest BCUT2D eigenvalue weighted by Crippen LogP contribution is -2.17. The van der Waals surface area contributed by atoms with Crippen molar-refractivity contribution in [3.63, 3.8) is 0 Å². The molecule has 0 aliphatic carbocycles. The van der Waals surface area contributed by atoms with Gasteiger partial charge in [-0.1, -0.05) is 30.3 Å². The second kappa shape index (κ2) is 3.37. The van der Waals surface area contributed by atoms with Gasteiger partial charge in [0.15, 0.2) is 0 Å². The van der Waals surface area contributed by atoms with Crippen LogP contribution in [0.3, 0.4) is 0 Å². The fourth-order valence-corrected chi connectivity index (χ4v) is 0.658. The molecule has 0 saturated heterocycles. The highest BCUT2D eigenvalue weighted by Crippen LogP contribution is 2.00. The molecule has 1 aromatic carbocycles. The number of hydrogen-bond donors (Lipinski definition) is 1. The van der Waals surface area contributed by atoms with Crippen molar-refractivity contribution in [2.45, 2.75) is 19.2 Å². The van der Waals surface area contributed by atoms with Crippen LogP contribution in [0.4, 0.5) is 0 Å². The molecule has 0 aromatic heterocycles. The fourth-order valence-electron chi connectivity index (χ4n) is 0.658. The van der Waals surface area contributed by atoms with Crippen LogP contribution in [0.5, 0.6) is 0 Å². The highest BCUT2D eigenvalue weighted by Gasteiger charge is 1.94. The Morgan fingerprint density at radius 1 is 1.80 bits per heavy atom. The van der Waals surface area contributed by atoms with Crippen LogP contribution < -0.4 is 5.72 Å². The summed E-state index contributed by atoms with van der Waals surface area (Å²) in [5.41, 5.74) is -0.451. The molecule has 0 fully saturated rings. The monoisotopic (exact) mass is 143 g/mol. The van der Waals surface area contributed by atoms with E-state index in [-0.39, 0.29) is 5.56 Å². The number of benzene rings is 1. The van der Waals surface area contributed by atoms with Gasteiger partial charge in [0.25, 0.3) is 0 Å². The maximum absolute atomic E-state index is 7.84. The zero-order chi connectivity index (χ0) is 14.2. The third-order valence-corrected chi connectivity index (χ3v) is 1.04. The summed E-state index contributed by atoms with van der Waals surface area (Å²) in [6, 6.07) is 4.29. The normalized spacial score (nSPS) is 30.9. The first-order valence-corrected chi connectivity index (χ1v) is 2.88. The van der Waals surface area contributed by atoms with Crippen molar-refractivity contribution in [2.75, 3.05) is 0 Å². The molecule has 10 heavy (non-hydrogen) atoms. The molecule has 1 unspecified atom stereocenters. The fraction of sp³-hybridized carbons (Fsp3) is 0.333. The van der Waals surface area contributed by atoms with Gasteiger partial charge in [-0.15, -0.1) is 0 Å². The lowest BCUT2D eigenvalue weighted by Gasteiger charge is -2.02. The highest BCUT2D eigenvalue weighted by molar-refractivity contribution is 5.15. The topological polar surface area (TPSA) is 26.0 Å². The van der Waals surface area contributed by atoms with Crippen LogP contribution in [0.2, 0.25) is 2.82 Å². The molecule has 0 aliphatic rings. The van der Waals surface area contributed by atoms with Crippen LogP contribution in [0.15, 0.2) is 30.3 Å². The molecular formula is C9H13N. The van der Waals surface area contributed by atoms with Gasteiger partial charge < -0.3 is 5.72 Å². The van der Waals surface area contributed by atoms with Crippen molar-refractivity contribution in [1.29, 1.82) is 0 Å². The lowest BCUT2D eigenvalue weighted by atomic mass is 10.1. The van der Waals surface area contributed by atoms with E-state index in [1.807, 2.05) is 0 Å². The van der Waals surface area contributed by atoms with E-state index >= 15 is 0 Å². The molecule has 1 atom stereocenters. The quantitative estimate of drug-likeness (QED) is 0.683. The first kappa shape index (κ1) is 2.08. The first-order chi connectivity index (χ1) is 8.05. The molecule has 0 aliphatic heterocycles. The Morgan fingerprint density at radius 2 is 2.60 bits per heavy atom. The van der Waals surface area contributed by atoms with Gasteiger partial charge in [-0.25, -0.2) is 0 Å². The standard InChI is InChI=1S/C9H13N/c1-8(10)7-9-5-3-2-4-6-9/h2-6,8H,7,10H2,1H3/i1D3,7D2,8D/hD2. The van der Waals surface area contributed by atoms with Gasteiger partial charge in [0, 0.05) is 14.2 Å². The van der Waals surface area contributed by atoms with Crippen molar-refractivity contribution in [3.05, 3.63) is 35.9 Å². The Labute approximate surface area is 73.2 Å². The zero-order valence-corrected chi connectivity index (χ0v) is 5.33. The number of nitrogens with two attached hydrogens (primary N) is 1. The molecule has 1 rings (SSSR count). The van der Waals surface area contributed by atoms with Gasteiger partial charge in [0.2, 0.25) is 0 Å². The van der Waals surface area contributed by atoms with Gasteiger partial charge in [-0.2, -0.15) is 0 Å². The summed E-state index contributed by atoms with van der Waals surface area (Å²) in [6.07, 6.45) is -2.69. The van der Waals surface area contributed by atoms with Crippen molar-refractivity contribution in [3.8, 4) is 0 Å². The van der Waals surface area contributed by atoms with Crippen molar-refractivity contribution in [2.24, 2.45) is 5.72 Å². The maximum Gasteiger partial charge on any atom is 0.119 e. The number of hydrogen-bond acceptors (Lipinski definition) is 1. The molecule has 1 nitrogen and oxygen atoms in total. The third kappa shape index (κ3) is 2.19. The molecule has 0 amide bonds. The summed E-state index contributed by atoms with van der Waals surface area (Å²) in [5, 5.41) is 0. The largest absolute Gasteiger partial charge is 0.328 e. The first-order valence-electron chi connectivity index (χ1n) is 6.78. The zero-order valence-electron chi connectivity index (χ0n) is 13.3. The van der Waals surface area contributed by atoms with E-state index in [0.29, 0.717) is 0 Å². The van der Waals surface area contributed by atoms with Crippen molar-refractivity contribution < 1.29 is 11.0 Å². The average Bonchev–Trinajstić information content (AvgIpc) is 2.27. The van der Waals surface area contributed by atoms with Crippen LogP contribution in [-0.4, -0.2) is 6.02 Å². The molecule has 1 aromatic rings. The van der Waals surface area contributed by atoms with E-state index in [0.717, 1.165) is 0 Å². The second-order valence-corrected chi connectivity index (χ2v) is 1.84.